The Morgan fingerprint density at radius 3 is 1.63 bits per heavy atom. The van der Waals surface area contributed by atoms with Crippen LogP contribution in [0.5, 0.6) is 0 Å². The highest BCUT2D eigenvalue weighted by atomic mass is 28.3. The first-order chi connectivity index (χ1) is 18.4. The van der Waals surface area contributed by atoms with Crippen LogP contribution in [0.4, 0.5) is 0 Å². The number of hydrogen-bond donors (Lipinski definition) is 0. The molecule has 2 heterocycles. The molecule has 0 spiro atoms. The zero-order valence-corrected chi connectivity index (χ0v) is 23.0. The van der Waals surface area contributed by atoms with E-state index in [1.807, 2.05) is 30.6 Å². The minimum atomic E-state index is -1.28. The van der Waals surface area contributed by atoms with Crippen LogP contribution < -0.4 is 5.19 Å². The van der Waals surface area contributed by atoms with Crippen LogP contribution in [0.15, 0.2) is 128 Å². The van der Waals surface area contributed by atoms with Gasteiger partial charge < -0.3 is 0 Å². The second-order valence-corrected chi connectivity index (χ2v) is 15.9. The van der Waals surface area contributed by atoms with Crippen LogP contribution in [-0.4, -0.2) is 18.0 Å². The van der Waals surface area contributed by atoms with Crippen molar-refractivity contribution in [3.63, 3.8) is 0 Å². The van der Waals surface area contributed by atoms with Gasteiger partial charge in [-0.05, 0) is 52.1 Å². The van der Waals surface area contributed by atoms with Gasteiger partial charge in [-0.25, -0.2) is 0 Å². The average molecular weight is 507 g/mol. The van der Waals surface area contributed by atoms with Gasteiger partial charge in [0.05, 0.1) is 19.3 Å². The minimum Gasteiger partial charge on any atom is -0.256 e. The molecule has 4 aromatic carbocycles. The minimum absolute atomic E-state index is 0.983. The molecule has 0 aliphatic heterocycles. The van der Waals surface area contributed by atoms with Crippen molar-refractivity contribution in [3.05, 3.63) is 128 Å². The van der Waals surface area contributed by atoms with E-state index in [9.17, 15) is 0 Å². The molecule has 0 unspecified atom stereocenters. The summed E-state index contributed by atoms with van der Waals surface area (Å²) in [5.41, 5.74) is 10.2. The summed E-state index contributed by atoms with van der Waals surface area (Å²) >= 11 is 0. The molecule has 6 rings (SSSR count). The van der Waals surface area contributed by atoms with Gasteiger partial charge in [0, 0.05) is 28.9 Å². The van der Waals surface area contributed by atoms with Gasteiger partial charge in [-0.2, -0.15) is 0 Å². The fraction of sp³-hybridized carbons (Fsp3) is 0.0857. The lowest BCUT2D eigenvalue weighted by Gasteiger charge is -2.16. The molecule has 0 amide bonds. The second kappa shape index (κ2) is 9.84. The van der Waals surface area contributed by atoms with Crippen molar-refractivity contribution in [1.82, 2.24) is 9.97 Å². The molecule has 0 aliphatic carbocycles. The van der Waals surface area contributed by atoms with Crippen LogP contribution in [0.2, 0.25) is 19.6 Å². The summed E-state index contributed by atoms with van der Waals surface area (Å²) in [5.74, 6) is 0. The van der Waals surface area contributed by atoms with Gasteiger partial charge in [-0.1, -0.05) is 116 Å². The smallest absolute Gasteiger partial charge is 0.0775 e. The van der Waals surface area contributed by atoms with E-state index < -0.39 is 8.07 Å². The molecule has 0 aliphatic rings. The molecule has 0 fully saturated rings. The Kier molecular flexibility index (Phi) is 6.22. The summed E-state index contributed by atoms with van der Waals surface area (Å²) in [6.07, 6.45) is 3.79. The Morgan fingerprint density at radius 2 is 1.03 bits per heavy atom. The molecule has 2 nitrogen and oxygen atoms in total. The number of benzene rings is 4. The molecule has 184 valence electrons. The van der Waals surface area contributed by atoms with Gasteiger partial charge in [0.1, 0.15) is 0 Å². The highest BCUT2D eigenvalue weighted by molar-refractivity contribution is 6.88. The SMILES string of the molecule is C[Si](C)(C)c1ccc(-c2ccc(-c3ccc4cc(-c5ccc(-c6ccccn6)cc5)cnc4c3)cc2)cc1. The first kappa shape index (κ1) is 24.0. The van der Waals surface area contributed by atoms with Crippen molar-refractivity contribution < 1.29 is 0 Å². The normalized spacial score (nSPS) is 11.6. The lowest BCUT2D eigenvalue weighted by Crippen LogP contribution is -2.37. The summed E-state index contributed by atoms with van der Waals surface area (Å²) < 4.78 is 0. The molecular weight excluding hydrogens is 476 g/mol. The van der Waals surface area contributed by atoms with Gasteiger partial charge in [-0.15, -0.1) is 0 Å². The summed E-state index contributed by atoms with van der Waals surface area (Å²) in [7, 11) is -1.28. The van der Waals surface area contributed by atoms with E-state index in [1.165, 1.54) is 27.4 Å². The Labute approximate surface area is 225 Å². The largest absolute Gasteiger partial charge is 0.256 e. The Morgan fingerprint density at radius 1 is 0.474 bits per heavy atom. The van der Waals surface area contributed by atoms with E-state index in [0.29, 0.717) is 0 Å². The molecule has 6 aromatic rings. The molecule has 0 N–H and O–H groups in total. The Hall–Kier alpha value is -4.34. The van der Waals surface area contributed by atoms with Crippen LogP contribution in [0.1, 0.15) is 0 Å². The standard InChI is InChI=1S/C35H30N2Si/c1-38(2,3)33-19-17-26(18-20-33)25-7-9-27(10-8-25)30-15-16-31-22-32(24-37-35(31)23-30)28-11-13-29(14-12-28)34-6-4-5-21-36-34/h4-24H,1-3H3. The first-order valence-electron chi connectivity index (χ1n) is 13.1. The molecular formula is C35H30N2Si. The van der Waals surface area contributed by atoms with Crippen LogP contribution in [0.3, 0.4) is 0 Å². The third kappa shape index (κ3) is 4.93. The van der Waals surface area contributed by atoms with Crippen molar-refractivity contribution in [2.24, 2.45) is 0 Å². The summed E-state index contributed by atoms with van der Waals surface area (Å²) in [4.78, 5) is 9.25. The van der Waals surface area contributed by atoms with Gasteiger partial charge in [0.2, 0.25) is 0 Å². The van der Waals surface area contributed by atoms with E-state index in [1.54, 1.807) is 0 Å². The molecule has 0 bridgehead atoms. The zero-order chi connectivity index (χ0) is 26.1. The van der Waals surface area contributed by atoms with Gasteiger partial charge >= 0.3 is 0 Å². The Bertz CT molecular complexity index is 1700. The van der Waals surface area contributed by atoms with Crippen LogP contribution >= 0.6 is 0 Å². The first-order valence-corrected chi connectivity index (χ1v) is 16.6. The lowest BCUT2D eigenvalue weighted by atomic mass is 9.98. The molecule has 0 saturated carbocycles. The summed E-state index contributed by atoms with van der Waals surface area (Å²) in [6, 6.07) is 41.2. The van der Waals surface area contributed by atoms with Gasteiger partial charge in [0.25, 0.3) is 0 Å². The maximum absolute atomic E-state index is 4.81. The molecule has 0 atom stereocenters. The topological polar surface area (TPSA) is 25.8 Å². The van der Waals surface area contributed by atoms with Crippen molar-refractivity contribution in [2.45, 2.75) is 19.6 Å². The second-order valence-electron chi connectivity index (χ2n) is 10.8. The third-order valence-electron chi connectivity index (χ3n) is 7.17. The molecule has 0 radical (unpaired) electrons. The van der Waals surface area contributed by atoms with Crippen molar-refractivity contribution in [2.75, 3.05) is 0 Å². The lowest BCUT2D eigenvalue weighted by molar-refractivity contribution is 1.33. The monoisotopic (exact) mass is 506 g/mol. The fourth-order valence-electron chi connectivity index (χ4n) is 4.84. The summed E-state index contributed by atoms with van der Waals surface area (Å²) in [6.45, 7) is 7.16. The average Bonchev–Trinajstić information content (AvgIpc) is 2.97. The maximum Gasteiger partial charge on any atom is 0.0775 e. The summed E-state index contributed by atoms with van der Waals surface area (Å²) in [5, 5.41) is 2.63. The molecule has 2 aromatic heterocycles. The molecule has 38 heavy (non-hydrogen) atoms. The quantitative estimate of drug-likeness (QED) is 0.218. The third-order valence-corrected chi connectivity index (χ3v) is 9.23. The van der Waals surface area contributed by atoms with E-state index in [2.05, 4.69) is 122 Å². The van der Waals surface area contributed by atoms with Crippen molar-refractivity contribution >= 4 is 24.2 Å². The van der Waals surface area contributed by atoms with Crippen molar-refractivity contribution in [3.8, 4) is 44.6 Å². The van der Waals surface area contributed by atoms with E-state index in [-0.39, 0.29) is 0 Å². The highest BCUT2D eigenvalue weighted by Crippen LogP contribution is 2.30. The number of rotatable bonds is 5. The van der Waals surface area contributed by atoms with E-state index in [4.69, 9.17) is 4.98 Å². The molecule has 0 saturated heterocycles. The number of aromatic nitrogens is 2. The van der Waals surface area contributed by atoms with Crippen LogP contribution in [0.25, 0.3) is 55.5 Å². The Balaban J connectivity index is 1.23. The van der Waals surface area contributed by atoms with Crippen LogP contribution in [0, 0.1) is 0 Å². The molecule has 3 heteroatoms. The predicted molar refractivity (Wildman–Crippen MR) is 164 cm³/mol. The predicted octanol–water partition coefficient (Wildman–Crippen LogP) is 8.84. The number of pyridine rings is 2. The van der Waals surface area contributed by atoms with Crippen molar-refractivity contribution in [1.29, 1.82) is 0 Å². The van der Waals surface area contributed by atoms with Gasteiger partial charge in [0.15, 0.2) is 0 Å². The number of nitrogens with zero attached hydrogens (tertiary/aromatic N) is 2. The number of hydrogen-bond acceptors (Lipinski definition) is 2. The maximum atomic E-state index is 4.81. The fourth-order valence-corrected chi connectivity index (χ4v) is 6.01. The zero-order valence-electron chi connectivity index (χ0n) is 22.0. The highest BCUT2D eigenvalue weighted by Gasteiger charge is 2.15. The van der Waals surface area contributed by atoms with E-state index in [0.717, 1.165) is 33.3 Å². The van der Waals surface area contributed by atoms with Gasteiger partial charge in [-0.3, -0.25) is 9.97 Å². The van der Waals surface area contributed by atoms with Crippen LogP contribution in [-0.2, 0) is 0 Å². The number of fused-ring (bicyclic) bond motifs is 1. The van der Waals surface area contributed by atoms with E-state index >= 15 is 0 Å².